The molecule has 1 aromatic carbocycles. The molecule has 0 aliphatic heterocycles. The molecular formula is C21H22N4O3S. The van der Waals surface area contributed by atoms with Crippen LogP contribution in [0.4, 0.5) is 5.13 Å². The number of aromatic nitrogens is 2. The second kappa shape index (κ2) is 9.29. The Morgan fingerprint density at radius 1 is 1.14 bits per heavy atom. The molecule has 0 bridgehead atoms. The van der Waals surface area contributed by atoms with E-state index in [0.29, 0.717) is 17.2 Å². The van der Waals surface area contributed by atoms with Gasteiger partial charge >= 0.3 is 0 Å². The number of pyridine rings is 1. The van der Waals surface area contributed by atoms with E-state index < -0.39 is 0 Å². The Kier molecular flexibility index (Phi) is 6.56. The van der Waals surface area contributed by atoms with Crippen LogP contribution in [0.15, 0.2) is 58.8 Å². The lowest BCUT2D eigenvalue weighted by Crippen LogP contribution is -2.29. The molecule has 8 heteroatoms. The third-order valence-electron chi connectivity index (χ3n) is 4.22. The second-order valence-corrected chi connectivity index (χ2v) is 7.69. The summed E-state index contributed by atoms with van der Waals surface area (Å²) in [5.74, 6) is -0.422. The zero-order chi connectivity index (χ0) is 20.8. The molecule has 0 aliphatic rings. The maximum atomic E-state index is 12.4. The number of thiazole rings is 1. The van der Waals surface area contributed by atoms with Gasteiger partial charge < -0.3 is 15.2 Å². The predicted molar refractivity (Wildman–Crippen MR) is 113 cm³/mol. The molecule has 29 heavy (non-hydrogen) atoms. The highest BCUT2D eigenvalue weighted by atomic mass is 32.1. The third-order valence-corrected chi connectivity index (χ3v) is 4.99. The second-order valence-electron chi connectivity index (χ2n) is 6.83. The van der Waals surface area contributed by atoms with Crippen molar-refractivity contribution in [1.29, 1.82) is 0 Å². The molecule has 3 aromatic rings. The van der Waals surface area contributed by atoms with Crippen LogP contribution in [0.25, 0.3) is 0 Å². The van der Waals surface area contributed by atoms with Crippen molar-refractivity contribution >= 4 is 28.3 Å². The Morgan fingerprint density at radius 3 is 2.59 bits per heavy atom. The first kappa shape index (κ1) is 20.5. The van der Waals surface area contributed by atoms with Gasteiger partial charge in [-0.3, -0.25) is 14.4 Å². The lowest BCUT2D eigenvalue weighted by molar-refractivity contribution is -0.116. The van der Waals surface area contributed by atoms with E-state index in [1.165, 1.54) is 34.2 Å². The molecule has 0 atom stereocenters. The average Bonchev–Trinajstić information content (AvgIpc) is 3.17. The fourth-order valence-corrected chi connectivity index (χ4v) is 3.48. The van der Waals surface area contributed by atoms with E-state index in [9.17, 15) is 14.4 Å². The molecule has 2 N–H and O–H groups in total. The third kappa shape index (κ3) is 5.61. The molecule has 7 nitrogen and oxygen atoms in total. The molecule has 3 rings (SSSR count). The standard InChI is InChI=1S/C21H22N4O3S/c1-14(2)17-13-29-21(23-17)24-18(26)12-25-11-16(8-9-19(25)27)20(28)22-10-15-6-4-3-5-7-15/h3-9,11,13-14H,10,12H2,1-2H3,(H,22,28)(H,23,24,26). The number of nitrogens with one attached hydrogen (secondary N) is 2. The topological polar surface area (TPSA) is 93.1 Å². The first-order valence-electron chi connectivity index (χ1n) is 9.20. The summed E-state index contributed by atoms with van der Waals surface area (Å²) in [4.78, 5) is 41.1. The van der Waals surface area contributed by atoms with Crippen molar-refractivity contribution < 1.29 is 9.59 Å². The Labute approximate surface area is 172 Å². The van der Waals surface area contributed by atoms with Gasteiger partial charge in [0, 0.05) is 24.2 Å². The maximum Gasteiger partial charge on any atom is 0.253 e. The minimum absolute atomic E-state index is 0.199. The van der Waals surface area contributed by atoms with Gasteiger partial charge in [-0.1, -0.05) is 44.2 Å². The highest BCUT2D eigenvalue weighted by molar-refractivity contribution is 7.13. The fraction of sp³-hybridized carbons (Fsp3) is 0.238. The smallest absolute Gasteiger partial charge is 0.253 e. The number of nitrogens with zero attached hydrogens (tertiary/aromatic N) is 2. The molecule has 0 spiro atoms. The van der Waals surface area contributed by atoms with E-state index >= 15 is 0 Å². The van der Waals surface area contributed by atoms with Gasteiger partial charge in [0.2, 0.25) is 5.91 Å². The summed E-state index contributed by atoms with van der Waals surface area (Å²) < 4.78 is 1.21. The monoisotopic (exact) mass is 410 g/mol. The molecule has 2 aromatic heterocycles. The number of carbonyl (C=O) groups excluding carboxylic acids is 2. The van der Waals surface area contributed by atoms with Gasteiger partial charge in [-0.05, 0) is 17.5 Å². The molecule has 0 unspecified atom stereocenters. The quantitative estimate of drug-likeness (QED) is 0.626. The van der Waals surface area contributed by atoms with Gasteiger partial charge in [-0.2, -0.15) is 0 Å². The average molecular weight is 410 g/mol. The van der Waals surface area contributed by atoms with Crippen LogP contribution in [0.2, 0.25) is 0 Å². The molecule has 0 saturated heterocycles. The molecule has 0 radical (unpaired) electrons. The largest absolute Gasteiger partial charge is 0.348 e. The number of hydrogen-bond donors (Lipinski definition) is 2. The SMILES string of the molecule is CC(C)c1csc(NC(=O)Cn2cc(C(=O)NCc3ccccc3)ccc2=O)n1. The maximum absolute atomic E-state index is 12.4. The zero-order valence-corrected chi connectivity index (χ0v) is 17.0. The van der Waals surface area contributed by atoms with Crippen molar-refractivity contribution in [2.24, 2.45) is 0 Å². The van der Waals surface area contributed by atoms with Gasteiger partial charge in [0.25, 0.3) is 11.5 Å². The van der Waals surface area contributed by atoms with Crippen LogP contribution >= 0.6 is 11.3 Å². The van der Waals surface area contributed by atoms with Crippen molar-refractivity contribution in [3.8, 4) is 0 Å². The van der Waals surface area contributed by atoms with Crippen molar-refractivity contribution in [2.75, 3.05) is 5.32 Å². The number of amides is 2. The fourth-order valence-electron chi connectivity index (χ4n) is 2.59. The van der Waals surface area contributed by atoms with Gasteiger partial charge in [0.1, 0.15) is 6.54 Å². The van der Waals surface area contributed by atoms with Gasteiger partial charge in [0.05, 0.1) is 11.3 Å². The summed E-state index contributed by atoms with van der Waals surface area (Å²) in [6.45, 7) is 4.22. The number of benzene rings is 1. The van der Waals surface area contributed by atoms with Crippen LogP contribution in [0, 0.1) is 0 Å². The number of anilines is 1. The zero-order valence-electron chi connectivity index (χ0n) is 16.2. The van der Waals surface area contributed by atoms with Crippen molar-refractivity contribution in [2.45, 2.75) is 32.9 Å². The summed E-state index contributed by atoms with van der Waals surface area (Å²) in [7, 11) is 0. The highest BCUT2D eigenvalue weighted by Gasteiger charge is 2.12. The summed E-state index contributed by atoms with van der Waals surface area (Å²) in [6, 6.07) is 12.3. The highest BCUT2D eigenvalue weighted by Crippen LogP contribution is 2.21. The molecule has 150 valence electrons. The van der Waals surface area contributed by atoms with Crippen LogP contribution in [-0.2, 0) is 17.9 Å². The van der Waals surface area contributed by atoms with Crippen LogP contribution < -0.4 is 16.2 Å². The molecule has 2 heterocycles. The number of hydrogen-bond acceptors (Lipinski definition) is 5. The van der Waals surface area contributed by atoms with E-state index in [4.69, 9.17) is 0 Å². The van der Waals surface area contributed by atoms with Crippen molar-refractivity contribution in [3.63, 3.8) is 0 Å². The first-order chi connectivity index (χ1) is 13.9. The van der Waals surface area contributed by atoms with Crippen LogP contribution in [0.5, 0.6) is 0 Å². The van der Waals surface area contributed by atoms with Crippen molar-refractivity contribution in [1.82, 2.24) is 14.9 Å². The Morgan fingerprint density at radius 2 is 1.90 bits per heavy atom. The van der Waals surface area contributed by atoms with E-state index in [1.54, 1.807) is 0 Å². The van der Waals surface area contributed by atoms with Gasteiger partial charge in [-0.15, -0.1) is 11.3 Å². The number of carbonyl (C=O) groups is 2. The Hall–Kier alpha value is -3.26. The molecular weight excluding hydrogens is 388 g/mol. The van der Waals surface area contributed by atoms with E-state index in [1.807, 2.05) is 49.6 Å². The summed E-state index contributed by atoms with van der Waals surface area (Å²) in [6.07, 6.45) is 1.39. The van der Waals surface area contributed by atoms with E-state index in [0.717, 1.165) is 11.3 Å². The Balaban J connectivity index is 1.64. The predicted octanol–water partition coefficient (Wildman–Crippen LogP) is 3.00. The lowest BCUT2D eigenvalue weighted by atomic mass is 10.2. The minimum Gasteiger partial charge on any atom is -0.348 e. The van der Waals surface area contributed by atoms with Gasteiger partial charge in [-0.25, -0.2) is 4.98 Å². The molecule has 0 aliphatic carbocycles. The van der Waals surface area contributed by atoms with E-state index in [2.05, 4.69) is 15.6 Å². The van der Waals surface area contributed by atoms with Crippen LogP contribution in [-0.4, -0.2) is 21.4 Å². The Bertz CT molecular complexity index is 1060. The van der Waals surface area contributed by atoms with Crippen LogP contribution in [0.1, 0.15) is 41.4 Å². The first-order valence-corrected chi connectivity index (χ1v) is 10.1. The lowest BCUT2D eigenvalue weighted by Gasteiger charge is -2.09. The van der Waals surface area contributed by atoms with Crippen LogP contribution in [0.3, 0.4) is 0 Å². The molecule has 0 saturated carbocycles. The number of rotatable bonds is 7. The normalized spacial score (nSPS) is 10.7. The molecule has 2 amide bonds. The molecule has 0 fully saturated rings. The summed E-state index contributed by atoms with van der Waals surface area (Å²) >= 11 is 1.34. The van der Waals surface area contributed by atoms with Gasteiger partial charge in [0.15, 0.2) is 5.13 Å². The summed E-state index contributed by atoms with van der Waals surface area (Å²) in [5.41, 5.74) is 1.82. The summed E-state index contributed by atoms with van der Waals surface area (Å²) in [5, 5.41) is 7.88. The minimum atomic E-state index is -0.376. The van der Waals surface area contributed by atoms with E-state index in [-0.39, 0.29) is 29.8 Å². The van der Waals surface area contributed by atoms with Crippen molar-refractivity contribution in [3.05, 3.63) is 81.2 Å².